The number of rotatable bonds is 4. The zero-order valence-electron chi connectivity index (χ0n) is 9.46. The van der Waals surface area contributed by atoms with Gasteiger partial charge >= 0.3 is 6.18 Å². The molecule has 16 heavy (non-hydrogen) atoms. The fourth-order valence-electron chi connectivity index (χ4n) is 2.04. The van der Waals surface area contributed by atoms with Crippen LogP contribution in [0, 0.1) is 5.92 Å². The second kappa shape index (κ2) is 5.84. The third-order valence-corrected chi connectivity index (χ3v) is 2.92. The second-order valence-corrected chi connectivity index (χ2v) is 4.33. The highest BCUT2D eigenvalue weighted by atomic mass is 19.4. The Morgan fingerprint density at radius 3 is 2.38 bits per heavy atom. The van der Waals surface area contributed by atoms with Gasteiger partial charge < -0.3 is 15.4 Å². The monoisotopic (exact) mass is 240 g/mol. The molecular formula is C10H19F3N2O. The van der Waals surface area contributed by atoms with E-state index in [9.17, 15) is 13.2 Å². The summed E-state index contributed by atoms with van der Waals surface area (Å²) in [5.41, 5.74) is 5.75. The third kappa shape index (κ3) is 4.27. The summed E-state index contributed by atoms with van der Waals surface area (Å²) in [5.74, 6) is -1.14. The van der Waals surface area contributed by atoms with Gasteiger partial charge in [-0.15, -0.1) is 0 Å². The van der Waals surface area contributed by atoms with Crippen molar-refractivity contribution in [3.63, 3.8) is 0 Å². The number of methoxy groups -OCH3 is 1. The molecule has 0 aromatic rings. The Morgan fingerprint density at radius 1 is 1.38 bits per heavy atom. The molecule has 0 aromatic carbocycles. The summed E-state index contributed by atoms with van der Waals surface area (Å²) in [6.45, 7) is 2.00. The number of likely N-dealkylation sites (tertiary alicyclic amines) is 1. The third-order valence-electron chi connectivity index (χ3n) is 2.92. The summed E-state index contributed by atoms with van der Waals surface area (Å²) in [6.07, 6.45) is -3.67. The molecule has 1 aliphatic heterocycles. The van der Waals surface area contributed by atoms with Crippen molar-refractivity contribution in [2.75, 3.05) is 33.4 Å². The van der Waals surface area contributed by atoms with E-state index in [0.29, 0.717) is 26.2 Å². The molecule has 0 aliphatic carbocycles. The molecule has 0 spiro atoms. The van der Waals surface area contributed by atoms with Crippen LogP contribution in [0.5, 0.6) is 0 Å². The fraction of sp³-hybridized carbons (Fsp3) is 1.00. The fourth-order valence-corrected chi connectivity index (χ4v) is 2.04. The predicted octanol–water partition coefficient (Wildman–Crippen LogP) is 1.23. The molecule has 0 saturated carbocycles. The number of ether oxygens (including phenoxy) is 1. The first-order valence-electron chi connectivity index (χ1n) is 5.47. The summed E-state index contributed by atoms with van der Waals surface area (Å²) in [6, 6.07) is -0.118. The summed E-state index contributed by atoms with van der Waals surface area (Å²) in [4.78, 5) is 1.98. The van der Waals surface area contributed by atoms with Crippen LogP contribution in [0.25, 0.3) is 0 Å². The Bertz CT molecular complexity index is 203. The van der Waals surface area contributed by atoms with E-state index < -0.39 is 12.1 Å². The van der Waals surface area contributed by atoms with Gasteiger partial charge in [0.2, 0.25) is 0 Å². The molecule has 6 heteroatoms. The van der Waals surface area contributed by atoms with Gasteiger partial charge in [0, 0.05) is 19.7 Å². The van der Waals surface area contributed by atoms with Crippen molar-refractivity contribution in [3.8, 4) is 0 Å². The van der Waals surface area contributed by atoms with E-state index in [4.69, 9.17) is 10.5 Å². The van der Waals surface area contributed by atoms with Crippen molar-refractivity contribution in [1.29, 1.82) is 0 Å². The summed E-state index contributed by atoms with van der Waals surface area (Å²) < 4.78 is 42.1. The molecule has 1 unspecified atom stereocenters. The highest BCUT2D eigenvalue weighted by Gasteiger charge is 2.41. The van der Waals surface area contributed by atoms with Gasteiger partial charge in [0.25, 0.3) is 0 Å². The number of piperidine rings is 1. The smallest absolute Gasteiger partial charge is 0.383 e. The molecule has 1 saturated heterocycles. The highest BCUT2D eigenvalue weighted by molar-refractivity contribution is 4.79. The number of hydrogen-bond acceptors (Lipinski definition) is 3. The first-order valence-corrected chi connectivity index (χ1v) is 5.47. The summed E-state index contributed by atoms with van der Waals surface area (Å²) >= 11 is 0. The molecule has 1 fully saturated rings. The van der Waals surface area contributed by atoms with Crippen LogP contribution in [0.15, 0.2) is 0 Å². The molecule has 1 rings (SSSR count). The van der Waals surface area contributed by atoms with Crippen LogP contribution in [0.2, 0.25) is 0 Å². The molecule has 96 valence electrons. The average molecular weight is 240 g/mol. The van der Waals surface area contributed by atoms with Gasteiger partial charge in [-0.2, -0.15) is 13.2 Å². The topological polar surface area (TPSA) is 38.5 Å². The minimum atomic E-state index is -4.04. The lowest BCUT2D eigenvalue weighted by atomic mass is 9.96. The van der Waals surface area contributed by atoms with Crippen LogP contribution in [0.3, 0.4) is 0 Å². The van der Waals surface area contributed by atoms with E-state index in [1.807, 2.05) is 4.90 Å². The largest absolute Gasteiger partial charge is 0.391 e. The zero-order valence-corrected chi connectivity index (χ0v) is 9.46. The van der Waals surface area contributed by atoms with E-state index >= 15 is 0 Å². The normalized spacial score (nSPS) is 22.3. The zero-order chi connectivity index (χ0) is 12.2. The van der Waals surface area contributed by atoms with Crippen LogP contribution >= 0.6 is 0 Å². The Labute approximate surface area is 93.7 Å². The van der Waals surface area contributed by atoms with Crippen molar-refractivity contribution in [2.24, 2.45) is 11.7 Å². The number of hydrogen-bond donors (Lipinski definition) is 1. The minimum absolute atomic E-state index is 0.118. The molecule has 0 amide bonds. The molecule has 3 nitrogen and oxygen atoms in total. The van der Waals surface area contributed by atoms with Gasteiger partial charge in [0.1, 0.15) is 0 Å². The van der Waals surface area contributed by atoms with Crippen LogP contribution in [0.4, 0.5) is 13.2 Å². The van der Waals surface area contributed by atoms with Gasteiger partial charge in [0.05, 0.1) is 12.5 Å². The van der Waals surface area contributed by atoms with Gasteiger partial charge in [-0.3, -0.25) is 0 Å². The SMILES string of the molecule is COCC(N)CN1CCC(C(F)(F)F)CC1. The Balaban J connectivity index is 2.27. The quantitative estimate of drug-likeness (QED) is 0.803. The number of alkyl halides is 3. The maximum Gasteiger partial charge on any atom is 0.391 e. The van der Waals surface area contributed by atoms with E-state index in [1.165, 1.54) is 0 Å². The Hall–Kier alpha value is -0.330. The predicted molar refractivity (Wildman–Crippen MR) is 55.1 cm³/mol. The highest BCUT2D eigenvalue weighted by Crippen LogP contribution is 2.33. The Kier molecular flexibility index (Phi) is 5.01. The van der Waals surface area contributed by atoms with E-state index in [1.54, 1.807) is 7.11 Å². The van der Waals surface area contributed by atoms with E-state index in [2.05, 4.69) is 0 Å². The van der Waals surface area contributed by atoms with Gasteiger partial charge in [0.15, 0.2) is 0 Å². The first-order chi connectivity index (χ1) is 7.43. The van der Waals surface area contributed by atoms with Crippen molar-refractivity contribution >= 4 is 0 Å². The molecule has 1 heterocycles. The number of nitrogens with two attached hydrogens (primary N) is 1. The van der Waals surface area contributed by atoms with Crippen LogP contribution in [0.1, 0.15) is 12.8 Å². The maximum atomic E-state index is 12.4. The molecule has 1 aliphatic rings. The molecule has 2 N–H and O–H groups in total. The lowest BCUT2D eigenvalue weighted by Gasteiger charge is -2.34. The standard InChI is InChI=1S/C10H19F3N2O/c1-16-7-9(14)6-15-4-2-8(3-5-15)10(11,12)13/h8-9H,2-7,14H2,1H3. The van der Waals surface area contributed by atoms with Crippen LogP contribution in [-0.2, 0) is 4.74 Å². The van der Waals surface area contributed by atoms with Gasteiger partial charge in [-0.25, -0.2) is 0 Å². The lowest BCUT2D eigenvalue weighted by molar-refractivity contribution is -0.185. The van der Waals surface area contributed by atoms with Crippen molar-refractivity contribution in [3.05, 3.63) is 0 Å². The van der Waals surface area contributed by atoms with Crippen LogP contribution in [-0.4, -0.2) is 50.5 Å². The van der Waals surface area contributed by atoms with E-state index in [-0.39, 0.29) is 18.9 Å². The lowest BCUT2D eigenvalue weighted by Crippen LogP contribution is -2.45. The van der Waals surface area contributed by atoms with Gasteiger partial charge in [-0.05, 0) is 25.9 Å². The van der Waals surface area contributed by atoms with Gasteiger partial charge in [-0.1, -0.05) is 0 Å². The number of halogens is 3. The first kappa shape index (κ1) is 13.7. The second-order valence-electron chi connectivity index (χ2n) is 4.33. The van der Waals surface area contributed by atoms with Crippen molar-refractivity contribution < 1.29 is 17.9 Å². The summed E-state index contributed by atoms with van der Waals surface area (Å²) in [5, 5.41) is 0. The maximum absolute atomic E-state index is 12.4. The Morgan fingerprint density at radius 2 is 1.94 bits per heavy atom. The van der Waals surface area contributed by atoms with Crippen LogP contribution < -0.4 is 5.73 Å². The molecular weight excluding hydrogens is 221 g/mol. The van der Waals surface area contributed by atoms with Crippen molar-refractivity contribution in [2.45, 2.75) is 25.1 Å². The molecule has 1 atom stereocenters. The van der Waals surface area contributed by atoms with E-state index in [0.717, 1.165) is 0 Å². The minimum Gasteiger partial charge on any atom is -0.383 e. The molecule has 0 radical (unpaired) electrons. The van der Waals surface area contributed by atoms with Crippen molar-refractivity contribution in [1.82, 2.24) is 4.90 Å². The average Bonchev–Trinajstić information content (AvgIpc) is 2.17. The molecule has 0 bridgehead atoms. The number of nitrogens with zero attached hydrogens (tertiary/aromatic N) is 1. The molecule has 0 aromatic heterocycles. The summed E-state index contributed by atoms with van der Waals surface area (Å²) in [7, 11) is 1.57.